The Balaban J connectivity index is 1.47. The highest BCUT2D eigenvalue weighted by Gasteiger charge is 2.44. The molecule has 0 radical (unpaired) electrons. The van der Waals surface area contributed by atoms with Crippen LogP contribution < -0.4 is 10.6 Å². The normalized spacial score (nSPS) is 19.3. The number of aliphatic imine (C=N–C) groups is 1. The first-order valence-corrected chi connectivity index (χ1v) is 11.4. The highest BCUT2D eigenvalue weighted by molar-refractivity contribution is 6.30. The average Bonchev–Trinajstić information content (AvgIpc) is 3.53. The number of guanidine groups is 1. The third-order valence-corrected chi connectivity index (χ3v) is 6.83. The molecule has 0 atom stereocenters. The van der Waals surface area contributed by atoms with Crippen molar-refractivity contribution in [1.82, 2.24) is 15.5 Å². The lowest BCUT2D eigenvalue weighted by Crippen LogP contribution is -2.51. The molecule has 1 amide bonds. The second kappa shape index (κ2) is 9.84. The largest absolute Gasteiger partial charge is 0.356 e. The number of amides is 1. The summed E-state index contributed by atoms with van der Waals surface area (Å²) in [5.41, 5.74) is 1.48. The Bertz CT molecular complexity index is 719. The minimum atomic E-state index is 0.174. The quantitative estimate of drug-likeness (QED) is 0.520. The van der Waals surface area contributed by atoms with Crippen molar-refractivity contribution in [2.24, 2.45) is 10.9 Å². The summed E-state index contributed by atoms with van der Waals surface area (Å²) in [5.74, 6) is 1.35. The van der Waals surface area contributed by atoms with Gasteiger partial charge in [0.25, 0.3) is 0 Å². The molecule has 29 heavy (non-hydrogen) atoms. The van der Waals surface area contributed by atoms with E-state index in [1.54, 1.807) is 0 Å². The van der Waals surface area contributed by atoms with Crippen LogP contribution in [0.2, 0.25) is 5.02 Å². The van der Waals surface area contributed by atoms with Crippen LogP contribution in [0.4, 0.5) is 0 Å². The first kappa shape index (κ1) is 21.9. The Labute approximate surface area is 180 Å². The topological polar surface area (TPSA) is 56.7 Å². The van der Waals surface area contributed by atoms with E-state index in [1.807, 2.05) is 24.1 Å². The summed E-state index contributed by atoms with van der Waals surface area (Å²) in [7, 11) is 1.82. The van der Waals surface area contributed by atoms with Gasteiger partial charge in [-0.3, -0.25) is 9.79 Å². The molecular formula is C23H35ClN4O. The molecule has 160 valence electrons. The fraction of sp³-hybridized carbons (Fsp3) is 0.652. The number of piperidine rings is 1. The van der Waals surface area contributed by atoms with Crippen LogP contribution in [0.1, 0.15) is 57.9 Å². The molecule has 2 fully saturated rings. The van der Waals surface area contributed by atoms with Crippen molar-refractivity contribution in [1.29, 1.82) is 0 Å². The lowest BCUT2D eigenvalue weighted by molar-refractivity contribution is -0.136. The molecule has 2 aliphatic rings. The second-order valence-corrected chi connectivity index (χ2v) is 8.91. The van der Waals surface area contributed by atoms with E-state index >= 15 is 0 Å². The number of benzene rings is 1. The van der Waals surface area contributed by atoms with Gasteiger partial charge in [0.1, 0.15) is 0 Å². The van der Waals surface area contributed by atoms with Gasteiger partial charge < -0.3 is 15.5 Å². The van der Waals surface area contributed by atoms with Gasteiger partial charge in [0.2, 0.25) is 5.91 Å². The van der Waals surface area contributed by atoms with E-state index in [4.69, 9.17) is 11.6 Å². The third-order valence-electron chi connectivity index (χ3n) is 6.59. The molecule has 1 saturated carbocycles. The molecule has 3 rings (SSSR count). The predicted octanol–water partition coefficient (Wildman–Crippen LogP) is 3.96. The molecule has 5 nitrogen and oxygen atoms in total. The Kier molecular flexibility index (Phi) is 7.44. The van der Waals surface area contributed by atoms with Gasteiger partial charge >= 0.3 is 0 Å². The number of hydrogen-bond donors (Lipinski definition) is 2. The van der Waals surface area contributed by atoms with E-state index in [2.05, 4.69) is 41.6 Å². The lowest BCUT2D eigenvalue weighted by Gasteiger charge is -2.35. The van der Waals surface area contributed by atoms with Gasteiger partial charge in [-0.1, -0.05) is 37.6 Å². The number of carbonyl (C=O) groups is 1. The molecule has 0 spiro atoms. The van der Waals surface area contributed by atoms with Crippen molar-refractivity contribution in [3.05, 3.63) is 34.9 Å². The molecule has 2 N–H and O–H groups in total. The Morgan fingerprint density at radius 2 is 1.97 bits per heavy atom. The molecule has 1 aliphatic heterocycles. The molecule has 1 saturated heterocycles. The number of carbonyl (C=O) groups excluding carboxylic acids is 1. The zero-order valence-electron chi connectivity index (χ0n) is 18.0. The SMILES string of the molecule is CCC(CC)C(=O)N1CCC(NC(=NC)NCC2(c3cccc(Cl)c3)CC2)CC1. The molecule has 1 aromatic rings. The van der Waals surface area contributed by atoms with Gasteiger partial charge in [0.05, 0.1) is 0 Å². The van der Waals surface area contributed by atoms with E-state index in [-0.39, 0.29) is 11.3 Å². The van der Waals surface area contributed by atoms with E-state index in [1.165, 1.54) is 18.4 Å². The van der Waals surface area contributed by atoms with Crippen molar-refractivity contribution < 1.29 is 4.79 Å². The monoisotopic (exact) mass is 418 g/mol. The van der Waals surface area contributed by atoms with Crippen LogP contribution in [0, 0.1) is 5.92 Å². The summed E-state index contributed by atoms with van der Waals surface area (Å²) in [6.45, 7) is 6.73. The maximum atomic E-state index is 12.6. The Morgan fingerprint density at radius 1 is 1.28 bits per heavy atom. The summed E-state index contributed by atoms with van der Waals surface area (Å²) < 4.78 is 0. The Morgan fingerprint density at radius 3 is 2.52 bits per heavy atom. The van der Waals surface area contributed by atoms with Crippen LogP contribution in [0.5, 0.6) is 0 Å². The van der Waals surface area contributed by atoms with E-state index in [0.29, 0.717) is 11.9 Å². The zero-order valence-corrected chi connectivity index (χ0v) is 18.8. The number of halogens is 1. The maximum absolute atomic E-state index is 12.6. The summed E-state index contributed by atoms with van der Waals surface area (Å²) >= 11 is 6.19. The lowest BCUT2D eigenvalue weighted by atomic mass is 9.96. The van der Waals surface area contributed by atoms with Gasteiger partial charge in [-0.15, -0.1) is 0 Å². The number of nitrogens with one attached hydrogen (secondary N) is 2. The van der Waals surface area contributed by atoms with Gasteiger partial charge in [0, 0.05) is 49.1 Å². The second-order valence-electron chi connectivity index (χ2n) is 8.47. The van der Waals surface area contributed by atoms with Crippen molar-refractivity contribution in [2.45, 2.75) is 63.8 Å². The van der Waals surface area contributed by atoms with Crippen LogP contribution in [-0.2, 0) is 10.2 Å². The van der Waals surface area contributed by atoms with Crippen molar-refractivity contribution in [2.75, 3.05) is 26.7 Å². The molecule has 1 heterocycles. The summed E-state index contributed by atoms with van der Waals surface area (Å²) in [4.78, 5) is 19.1. The van der Waals surface area contributed by atoms with Crippen molar-refractivity contribution >= 4 is 23.5 Å². The fourth-order valence-corrected chi connectivity index (χ4v) is 4.51. The zero-order chi connectivity index (χ0) is 20.9. The Hall–Kier alpha value is -1.75. The van der Waals surface area contributed by atoms with Gasteiger partial charge in [0.15, 0.2) is 5.96 Å². The summed E-state index contributed by atoms with van der Waals surface area (Å²) in [6.07, 6.45) is 6.14. The minimum Gasteiger partial charge on any atom is -0.356 e. The van der Waals surface area contributed by atoms with E-state index in [0.717, 1.165) is 56.3 Å². The molecule has 0 bridgehead atoms. The molecule has 0 unspecified atom stereocenters. The smallest absolute Gasteiger partial charge is 0.225 e. The number of nitrogens with zero attached hydrogens (tertiary/aromatic N) is 2. The predicted molar refractivity (Wildman–Crippen MR) is 121 cm³/mol. The molecule has 0 aromatic heterocycles. The first-order valence-electron chi connectivity index (χ1n) is 11.0. The van der Waals surface area contributed by atoms with Crippen LogP contribution >= 0.6 is 11.6 Å². The molecule has 6 heteroatoms. The summed E-state index contributed by atoms with van der Waals surface area (Å²) in [6, 6.07) is 8.56. The summed E-state index contributed by atoms with van der Waals surface area (Å²) in [5, 5.41) is 7.88. The number of likely N-dealkylation sites (tertiary alicyclic amines) is 1. The van der Waals surface area contributed by atoms with E-state index < -0.39 is 0 Å². The van der Waals surface area contributed by atoms with Crippen LogP contribution in [0.3, 0.4) is 0 Å². The maximum Gasteiger partial charge on any atom is 0.225 e. The van der Waals surface area contributed by atoms with Crippen molar-refractivity contribution in [3.8, 4) is 0 Å². The van der Waals surface area contributed by atoms with Crippen LogP contribution in [-0.4, -0.2) is 49.5 Å². The number of rotatable bonds is 7. The third kappa shape index (κ3) is 5.44. The van der Waals surface area contributed by atoms with Gasteiger partial charge in [-0.25, -0.2) is 0 Å². The molecule has 1 aromatic carbocycles. The number of hydrogen-bond acceptors (Lipinski definition) is 2. The van der Waals surface area contributed by atoms with Crippen LogP contribution in [0.25, 0.3) is 0 Å². The highest BCUT2D eigenvalue weighted by atomic mass is 35.5. The van der Waals surface area contributed by atoms with E-state index in [9.17, 15) is 4.79 Å². The van der Waals surface area contributed by atoms with Crippen LogP contribution in [0.15, 0.2) is 29.3 Å². The molecular weight excluding hydrogens is 384 g/mol. The fourth-order valence-electron chi connectivity index (χ4n) is 4.32. The molecule has 1 aliphatic carbocycles. The van der Waals surface area contributed by atoms with Gasteiger partial charge in [-0.05, 0) is 56.2 Å². The first-order chi connectivity index (χ1) is 14.0. The minimum absolute atomic E-state index is 0.174. The van der Waals surface area contributed by atoms with Crippen molar-refractivity contribution in [3.63, 3.8) is 0 Å². The standard InChI is InChI=1S/C23H35ClN4O/c1-4-17(5-2)21(29)28-13-9-20(10-14-28)27-22(25-3)26-16-23(11-12-23)18-7-6-8-19(24)15-18/h6-8,15,17,20H,4-5,9-14,16H2,1-3H3,(H2,25,26,27). The van der Waals surface area contributed by atoms with Gasteiger partial charge in [-0.2, -0.15) is 0 Å². The average molecular weight is 419 g/mol. The highest BCUT2D eigenvalue weighted by Crippen LogP contribution is 2.48.